The molecule has 0 aliphatic heterocycles. The molecule has 4 rings (SSSR count). The molecule has 21 heavy (non-hydrogen) atoms. The van der Waals surface area contributed by atoms with Gasteiger partial charge in [-0.05, 0) is 43.1 Å². The van der Waals surface area contributed by atoms with Crippen molar-refractivity contribution >= 4 is 0 Å². The van der Waals surface area contributed by atoms with Crippen LogP contribution in [0.5, 0.6) is 0 Å². The topological polar surface area (TPSA) is 64.9 Å². The zero-order chi connectivity index (χ0) is 14.2. The highest BCUT2D eigenvalue weighted by atomic mass is 16.5. The second kappa shape index (κ2) is 5.26. The van der Waals surface area contributed by atoms with Gasteiger partial charge in [0, 0.05) is 12.5 Å². The van der Waals surface area contributed by atoms with Gasteiger partial charge in [-0.15, -0.1) is 0 Å². The lowest BCUT2D eigenvalue weighted by molar-refractivity contribution is 0.278. The molecule has 4 atom stereocenters. The predicted molar refractivity (Wildman–Crippen MR) is 79.7 cm³/mol. The molecule has 1 heterocycles. The minimum atomic E-state index is 0.214. The van der Waals surface area contributed by atoms with E-state index in [4.69, 9.17) is 10.3 Å². The highest BCUT2D eigenvalue weighted by Crippen LogP contribution is 2.51. The number of rotatable bonds is 4. The molecular weight excluding hydrogens is 262 g/mol. The Hall–Kier alpha value is -1.68. The Morgan fingerprint density at radius 3 is 2.67 bits per heavy atom. The van der Waals surface area contributed by atoms with Gasteiger partial charge in [0.15, 0.2) is 5.82 Å². The minimum absolute atomic E-state index is 0.214. The molecule has 2 aliphatic carbocycles. The fourth-order valence-corrected chi connectivity index (χ4v) is 4.11. The SMILES string of the molecule is NC1C2CCC(C2)C1c1nc(CCc2ccccc2)no1. The van der Waals surface area contributed by atoms with Gasteiger partial charge in [-0.1, -0.05) is 35.5 Å². The van der Waals surface area contributed by atoms with Gasteiger partial charge in [-0.2, -0.15) is 4.98 Å². The van der Waals surface area contributed by atoms with Gasteiger partial charge in [0.05, 0.1) is 5.92 Å². The van der Waals surface area contributed by atoms with Crippen LogP contribution in [0.15, 0.2) is 34.9 Å². The number of nitrogens with zero attached hydrogens (tertiary/aromatic N) is 2. The molecule has 0 spiro atoms. The van der Waals surface area contributed by atoms with Gasteiger partial charge in [0.1, 0.15) is 0 Å². The van der Waals surface area contributed by atoms with Crippen LogP contribution in [0.25, 0.3) is 0 Å². The van der Waals surface area contributed by atoms with Crippen molar-refractivity contribution < 1.29 is 4.52 Å². The summed E-state index contributed by atoms with van der Waals surface area (Å²) in [6, 6.07) is 10.6. The Morgan fingerprint density at radius 2 is 1.90 bits per heavy atom. The summed E-state index contributed by atoms with van der Waals surface area (Å²) in [4.78, 5) is 4.62. The molecule has 4 heteroatoms. The smallest absolute Gasteiger partial charge is 0.231 e. The second-order valence-corrected chi connectivity index (χ2v) is 6.47. The number of benzene rings is 1. The molecule has 0 saturated heterocycles. The summed E-state index contributed by atoms with van der Waals surface area (Å²) >= 11 is 0. The third-order valence-corrected chi connectivity index (χ3v) is 5.23. The molecule has 2 N–H and O–H groups in total. The predicted octanol–water partition coefficient (Wildman–Crippen LogP) is 2.70. The van der Waals surface area contributed by atoms with E-state index in [1.165, 1.54) is 24.8 Å². The number of aryl methyl sites for hydroxylation is 2. The van der Waals surface area contributed by atoms with Gasteiger partial charge in [-0.3, -0.25) is 0 Å². The summed E-state index contributed by atoms with van der Waals surface area (Å²) in [6.07, 6.45) is 5.56. The summed E-state index contributed by atoms with van der Waals surface area (Å²) in [7, 11) is 0. The molecule has 110 valence electrons. The molecule has 0 radical (unpaired) electrons. The molecule has 2 fully saturated rings. The minimum Gasteiger partial charge on any atom is -0.339 e. The van der Waals surface area contributed by atoms with Crippen molar-refractivity contribution in [1.29, 1.82) is 0 Å². The summed E-state index contributed by atoms with van der Waals surface area (Å²) in [6.45, 7) is 0. The van der Waals surface area contributed by atoms with Crippen molar-refractivity contribution in [1.82, 2.24) is 10.1 Å². The quantitative estimate of drug-likeness (QED) is 0.937. The van der Waals surface area contributed by atoms with Crippen molar-refractivity contribution in [2.45, 2.75) is 44.1 Å². The number of hydrogen-bond donors (Lipinski definition) is 1. The van der Waals surface area contributed by atoms with Gasteiger partial charge in [0.2, 0.25) is 5.89 Å². The van der Waals surface area contributed by atoms with Crippen LogP contribution in [-0.4, -0.2) is 16.2 Å². The van der Waals surface area contributed by atoms with Crippen LogP contribution in [0.4, 0.5) is 0 Å². The van der Waals surface area contributed by atoms with Crippen molar-refractivity contribution in [3.63, 3.8) is 0 Å². The maximum absolute atomic E-state index is 6.34. The first-order chi connectivity index (χ1) is 10.3. The molecule has 2 saturated carbocycles. The van der Waals surface area contributed by atoms with Crippen LogP contribution in [0, 0.1) is 11.8 Å². The number of hydrogen-bond acceptors (Lipinski definition) is 4. The third-order valence-electron chi connectivity index (χ3n) is 5.23. The van der Waals surface area contributed by atoms with E-state index >= 15 is 0 Å². The van der Waals surface area contributed by atoms with Crippen LogP contribution in [-0.2, 0) is 12.8 Å². The standard InChI is InChI=1S/C17H21N3O/c18-16-13-8-7-12(10-13)15(16)17-19-14(20-21-17)9-6-11-4-2-1-3-5-11/h1-5,12-13,15-16H,6-10,18H2. The highest BCUT2D eigenvalue weighted by Gasteiger charge is 2.48. The van der Waals surface area contributed by atoms with E-state index in [2.05, 4.69) is 34.4 Å². The number of aromatic nitrogens is 2. The fourth-order valence-electron chi connectivity index (χ4n) is 4.11. The first-order valence-corrected chi connectivity index (χ1v) is 7.93. The van der Waals surface area contributed by atoms with E-state index < -0.39 is 0 Å². The lowest BCUT2D eigenvalue weighted by Gasteiger charge is -2.24. The molecule has 4 nitrogen and oxygen atoms in total. The van der Waals surface area contributed by atoms with Crippen LogP contribution in [0.2, 0.25) is 0 Å². The maximum Gasteiger partial charge on any atom is 0.231 e. The first-order valence-electron chi connectivity index (χ1n) is 7.93. The van der Waals surface area contributed by atoms with Gasteiger partial charge >= 0.3 is 0 Å². The van der Waals surface area contributed by atoms with Crippen molar-refractivity contribution in [3.8, 4) is 0 Å². The lowest BCUT2D eigenvalue weighted by atomic mass is 9.85. The molecule has 1 aromatic heterocycles. The number of fused-ring (bicyclic) bond motifs is 2. The first kappa shape index (κ1) is 13.0. The van der Waals surface area contributed by atoms with Crippen molar-refractivity contribution in [2.75, 3.05) is 0 Å². The Morgan fingerprint density at radius 1 is 1.10 bits per heavy atom. The molecule has 1 aromatic carbocycles. The second-order valence-electron chi connectivity index (χ2n) is 6.47. The molecule has 2 aliphatic rings. The van der Waals surface area contributed by atoms with Gasteiger partial charge in [-0.25, -0.2) is 0 Å². The zero-order valence-electron chi connectivity index (χ0n) is 12.1. The Labute approximate surface area is 124 Å². The molecule has 2 bridgehead atoms. The average Bonchev–Trinajstić information content (AvgIpc) is 3.22. The van der Waals surface area contributed by atoms with E-state index in [0.717, 1.165) is 24.6 Å². The normalized spacial score (nSPS) is 30.9. The molecule has 4 unspecified atom stereocenters. The van der Waals surface area contributed by atoms with Crippen LogP contribution in [0.1, 0.15) is 42.5 Å². The van der Waals surface area contributed by atoms with Crippen LogP contribution in [0.3, 0.4) is 0 Å². The maximum atomic E-state index is 6.34. The highest BCUT2D eigenvalue weighted by molar-refractivity contribution is 5.16. The van der Waals surface area contributed by atoms with E-state index in [0.29, 0.717) is 17.8 Å². The summed E-state index contributed by atoms with van der Waals surface area (Å²) < 4.78 is 5.52. The molecule has 0 amide bonds. The van der Waals surface area contributed by atoms with E-state index in [1.807, 2.05) is 6.07 Å². The average molecular weight is 283 g/mol. The van der Waals surface area contributed by atoms with E-state index in [1.54, 1.807) is 0 Å². The van der Waals surface area contributed by atoms with Crippen LogP contribution >= 0.6 is 0 Å². The third kappa shape index (κ3) is 2.38. The van der Waals surface area contributed by atoms with Crippen LogP contribution < -0.4 is 5.73 Å². The fraction of sp³-hybridized carbons (Fsp3) is 0.529. The summed E-state index contributed by atoms with van der Waals surface area (Å²) in [5.41, 5.74) is 7.65. The monoisotopic (exact) mass is 283 g/mol. The summed E-state index contributed by atoms with van der Waals surface area (Å²) in [5.74, 6) is 3.20. The number of nitrogens with two attached hydrogens (primary N) is 1. The van der Waals surface area contributed by atoms with E-state index in [-0.39, 0.29) is 6.04 Å². The zero-order valence-corrected chi connectivity index (χ0v) is 12.1. The Kier molecular flexibility index (Phi) is 3.26. The Bertz CT molecular complexity index is 608. The Balaban J connectivity index is 1.44. The largest absolute Gasteiger partial charge is 0.339 e. The van der Waals surface area contributed by atoms with Gasteiger partial charge < -0.3 is 10.3 Å². The lowest BCUT2D eigenvalue weighted by Crippen LogP contribution is -2.34. The molecule has 2 aromatic rings. The van der Waals surface area contributed by atoms with Crippen molar-refractivity contribution in [3.05, 3.63) is 47.6 Å². The summed E-state index contributed by atoms with van der Waals surface area (Å²) in [5, 5.41) is 4.15. The molecular formula is C17H21N3O. The van der Waals surface area contributed by atoms with E-state index in [9.17, 15) is 0 Å². The van der Waals surface area contributed by atoms with Gasteiger partial charge in [0.25, 0.3) is 0 Å². The van der Waals surface area contributed by atoms with Crippen molar-refractivity contribution in [2.24, 2.45) is 17.6 Å².